The van der Waals surface area contributed by atoms with Crippen molar-refractivity contribution in [1.82, 2.24) is 9.80 Å². The van der Waals surface area contributed by atoms with E-state index in [1.807, 2.05) is 12.1 Å². The molecule has 1 N–H and O–H groups in total. The van der Waals surface area contributed by atoms with Gasteiger partial charge in [0.25, 0.3) is 0 Å². The van der Waals surface area contributed by atoms with Gasteiger partial charge in [-0.3, -0.25) is 9.80 Å². The van der Waals surface area contributed by atoms with Crippen molar-refractivity contribution >= 4 is 0 Å². The van der Waals surface area contributed by atoms with Gasteiger partial charge >= 0.3 is 0 Å². The minimum atomic E-state index is -0.318. The summed E-state index contributed by atoms with van der Waals surface area (Å²) in [5.41, 5.74) is 0. The van der Waals surface area contributed by atoms with E-state index < -0.39 is 0 Å². The monoisotopic (exact) mass is 294 g/mol. The molecule has 1 saturated carbocycles. The molecule has 0 radical (unpaired) electrons. The number of ether oxygens (including phenoxy) is 1. The molecule has 2 unspecified atom stereocenters. The van der Waals surface area contributed by atoms with Crippen LogP contribution in [-0.2, 0) is 4.74 Å². The first-order valence-corrected chi connectivity index (χ1v) is 8.01. The number of morpholine rings is 1. The van der Waals surface area contributed by atoms with Crippen LogP contribution in [0.15, 0.2) is 22.8 Å². The highest BCUT2D eigenvalue weighted by Crippen LogP contribution is 2.34. The maximum Gasteiger partial charge on any atom is 0.120 e. The molecule has 3 rings (SSSR count). The van der Waals surface area contributed by atoms with Crippen molar-refractivity contribution in [3.8, 4) is 0 Å². The number of furan rings is 1. The fourth-order valence-corrected chi connectivity index (χ4v) is 3.10. The third kappa shape index (κ3) is 4.07. The summed E-state index contributed by atoms with van der Waals surface area (Å²) in [5.74, 6) is 0.987. The molecule has 0 bridgehead atoms. The third-order valence-corrected chi connectivity index (χ3v) is 4.46. The summed E-state index contributed by atoms with van der Waals surface area (Å²) < 4.78 is 10.9. The van der Waals surface area contributed by atoms with Crippen molar-refractivity contribution in [2.24, 2.45) is 0 Å². The van der Waals surface area contributed by atoms with Crippen molar-refractivity contribution in [2.75, 3.05) is 39.4 Å². The van der Waals surface area contributed by atoms with Crippen molar-refractivity contribution < 1.29 is 14.3 Å². The van der Waals surface area contributed by atoms with Crippen LogP contribution in [0.2, 0.25) is 0 Å². The standard InChI is InChI=1S/C16H26N2O3/c1-13(16-3-2-8-21-16)18(14-4-5-14)12-15(19)11-17-6-9-20-10-7-17/h2-3,8,13-15,19H,4-7,9-12H2,1H3. The second-order valence-electron chi connectivity index (χ2n) is 6.19. The molecule has 1 aromatic rings. The van der Waals surface area contributed by atoms with E-state index in [0.29, 0.717) is 12.6 Å². The van der Waals surface area contributed by atoms with Gasteiger partial charge < -0.3 is 14.3 Å². The Morgan fingerprint density at radius 1 is 1.38 bits per heavy atom. The lowest BCUT2D eigenvalue weighted by atomic mass is 10.2. The Morgan fingerprint density at radius 3 is 2.76 bits per heavy atom. The van der Waals surface area contributed by atoms with E-state index in [1.165, 1.54) is 12.8 Å². The van der Waals surface area contributed by atoms with Gasteiger partial charge in [0.15, 0.2) is 0 Å². The summed E-state index contributed by atoms with van der Waals surface area (Å²) in [6, 6.07) is 4.78. The predicted molar refractivity (Wildman–Crippen MR) is 80.1 cm³/mol. The Morgan fingerprint density at radius 2 is 2.14 bits per heavy atom. The molecule has 0 spiro atoms. The van der Waals surface area contributed by atoms with Gasteiger partial charge in [0.2, 0.25) is 0 Å². The Hall–Kier alpha value is -0.880. The first-order chi connectivity index (χ1) is 10.2. The fraction of sp³-hybridized carbons (Fsp3) is 0.750. The number of hydrogen-bond acceptors (Lipinski definition) is 5. The molecule has 118 valence electrons. The molecule has 1 aliphatic heterocycles. The maximum absolute atomic E-state index is 10.4. The molecule has 5 nitrogen and oxygen atoms in total. The number of hydrogen-bond donors (Lipinski definition) is 1. The molecule has 1 aliphatic carbocycles. The lowest BCUT2D eigenvalue weighted by molar-refractivity contribution is 0.00153. The van der Waals surface area contributed by atoms with Gasteiger partial charge in [0.05, 0.1) is 31.6 Å². The summed E-state index contributed by atoms with van der Waals surface area (Å²) in [7, 11) is 0. The Balaban J connectivity index is 1.54. The molecule has 2 fully saturated rings. The second kappa shape index (κ2) is 6.92. The van der Waals surface area contributed by atoms with Gasteiger partial charge in [-0.15, -0.1) is 0 Å². The summed E-state index contributed by atoms with van der Waals surface area (Å²) in [6.07, 6.45) is 3.87. The smallest absolute Gasteiger partial charge is 0.120 e. The Labute approximate surface area is 126 Å². The second-order valence-corrected chi connectivity index (χ2v) is 6.19. The molecule has 2 aliphatic rings. The van der Waals surface area contributed by atoms with E-state index in [1.54, 1.807) is 6.26 Å². The zero-order chi connectivity index (χ0) is 14.7. The highest BCUT2D eigenvalue weighted by molar-refractivity contribution is 5.05. The minimum Gasteiger partial charge on any atom is -0.468 e. The Kier molecular flexibility index (Phi) is 4.95. The van der Waals surface area contributed by atoms with Crippen LogP contribution in [0.25, 0.3) is 0 Å². The summed E-state index contributed by atoms with van der Waals surface area (Å²) >= 11 is 0. The maximum atomic E-state index is 10.4. The molecule has 5 heteroatoms. The van der Waals surface area contributed by atoms with Crippen LogP contribution in [0.5, 0.6) is 0 Å². The number of aliphatic hydroxyl groups excluding tert-OH is 1. The molecular formula is C16H26N2O3. The van der Waals surface area contributed by atoms with Crippen LogP contribution >= 0.6 is 0 Å². The van der Waals surface area contributed by atoms with Crippen LogP contribution in [0.4, 0.5) is 0 Å². The van der Waals surface area contributed by atoms with Crippen LogP contribution in [0.3, 0.4) is 0 Å². The molecule has 0 amide bonds. The lowest BCUT2D eigenvalue weighted by Gasteiger charge is -2.33. The third-order valence-electron chi connectivity index (χ3n) is 4.46. The first kappa shape index (κ1) is 15.0. The van der Waals surface area contributed by atoms with Gasteiger partial charge in [0, 0.05) is 32.2 Å². The highest BCUT2D eigenvalue weighted by Gasteiger charge is 2.35. The average molecular weight is 294 g/mol. The fourth-order valence-electron chi connectivity index (χ4n) is 3.10. The van der Waals surface area contributed by atoms with Crippen LogP contribution in [-0.4, -0.2) is 66.4 Å². The molecule has 2 heterocycles. The van der Waals surface area contributed by atoms with Crippen LogP contribution in [0.1, 0.15) is 31.6 Å². The summed E-state index contributed by atoms with van der Waals surface area (Å²) in [4.78, 5) is 4.68. The summed E-state index contributed by atoms with van der Waals surface area (Å²) in [6.45, 7) is 7.02. The number of aliphatic hydroxyl groups is 1. The van der Waals surface area contributed by atoms with Crippen molar-refractivity contribution in [3.63, 3.8) is 0 Å². The van der Waals surface area contributed by atoms with E-state index in [2.05, 4.69) is 16.7 Å². The average Bonchev–Trinajstić information content (AvgIpc) is 3.18. The van der Waals surface area contributed by atoms with E-state index in [0.717, 1.165) is 38.6 Å². The molecule has 1 saturated heterocycles. The molecule has 1 aromatic heterocycles. The zero-order valence-electron chi connectivity index (χ0n) is 12.8. The largest absolute Gasteiger partial charge is 0.468 e. The van der Waals surface area contributed by atoms with E-state index >= 15 is 0 Å². The molecule has 0 aromatic carbocycles. The van der Waals surface area contributed by atoms with Gasteiger partial charge in [-0.25, -0.2) is 0 Å². The van der Waals surface area contributed by atoms with Crippen LogP contribution in [0, 0.1) is 0 Å². The van der Waals surface area contributed by atoms with E-state index in [4.69, 9.17) is 9.15 Å². The van der Waals surface area contributed by atoms with E-state index in [9.17, 15) is 5.11 Å². The van der Waals surface area contributed by atoms with Gasteiger partial charge in [-0.05, 0) is 31.9 Å². The first-order valence-electron chi connectivity index (χ1n) is 8.01. The predicted octanol–water partition coefficient (Wildman–Crippen LogP) is 1.50. The lowest BCUT2D eigenvalue weighted by Crippen LogP contribution is -2.45. The minimum absolute atomic E-state index is 0.229. The van der Waals surface area contributed by atoms with Crippen molar-refractivity contribution in [2.45, 2.75) is 38.0 Å². The topological polar surface area (TPSA) is 49.1 Å². The highest BCUT2D eigenvalue weighted by atomic mass is 16.5. The van der Waals surface area contributed by atoms with Crippen molar-refractivity contribution in [1.29, 1.82) is 0 Å². The molecule has 2 atom stereocenters. The van der Waals surface area contributed by atoms with Gasteiger partial charge in [0.1, 0.15) is 5.76 Å². The van der Waals surface area contributed by atoms with Crippen molar-refractivity contribution in [3.05, 3.63) is 24.2 Å². The number of rotatable bonds is 7. The zero-order valence-corrected chi connectivity index (χ0v) is 12.8. The molecular weight excluding hydrogens is 268 g/mol. The molecule has 21 heavy (non-hydrogen) atoms. The number of β-amino-alcohol motifs (C(OH)–C–C–N with tert-alkyl or cyclic N) is 1. The van der Waals surface area contributed by atoms with Crippen LogP contribution < -0.4 is 0 Å². The Bertz CT molecular complexity index is 413. The van der Waals surface area contributed by atoms with Gasteiger partial charge in [-0.2, -0.15) is 0 Å². The normalized spacial score (nSPS) is 23.4. The SMILES string of the molecule is CC(c1ccco1)N(CC(O)CN1CCOCC1)C1CC1. The summed E-state index contributed by atoms with van der Waals surface area (Å²) in [5, 5.41) is 10.4. The van der Waals surface area contributed by atoms with E-state index in [-0.39, 0.29) is 12.1 Å². The number of nitrogens with zero attached hydrogens (tertiary/aromatic N) is 2. The quantitative estimate of drug-likeness (QED) is 0.826. The van der Waals surface area contributed by atoms with Gasteiger partial charge in [-0.1, -0.05) is 0 Å².